The Balaban J connectivity index is 2.08. The number of nitrogens with one attached hydrogen (secondary N) is 1. The van der Waals surface area contributed by atoms with Crippen LogP contribution in [0.25, 0.3) is 0 Å². The lowest BCUT2D eigenvalue weighted by atomic mass is 10.0. The molecule has 1 aromatic rings. The average molecular weight is 247 g/mol. The van der Waals surface area contributed by atoms with Crippen LogP contribution in [0, 0.1) is 5.92 Å². The Hall–Kier alpha value is -1.02. The van der Waals surface area contributed by atoms with E-state index in [0.717, 1.165) is 18.2 Å². The van der Waals surface area contributed by atoms with Gasteiger partial charge in [-0.05, 0) is 63.3 Å². The zero-order valence-corrected chi connectivity index (χ0v) is 11.8. The maximum absolute atomic E-state index is 5.78. The third-order valence-corrected chi connectivity index (χ3v) is 3.30. The van der Waals surface area contributed by atoms with Crippen LogP contribution in [0.2, 0.25) is 0 Å². The molecule has 0 radical (unpaired) electrons. The van der Waals surface area contributed by atoms with E-state index in [-0.39, 0.29) is 6.10 Å². The quantitative estimate of drug-likeness (QED) is 0.788. The van der Waals surface area contributed by atoms with Gasteiger partial charge in [0.15, 0.2) is 0 Å². The van der Waals surface area contributed by atoms with Gasteiger partial charge in [-0.25, -0.2) is 0 Å². The van der Waals surface area contributed by atoms with Gasteiger partial charge in [0.25, 0.3) is 0 Å². The van der Waals surface area contributed by atoms with E-state index in [1.807, 2.05) is 6.07 Å². The maximum Gasteiger partial charge on any atom is 0.120 e. The number of ether oxygens (including phenoxy) is 1. The molecule has 0 saturated heterocycles. The largest absolute Gasteiger partial charge is 0.491 e. The van der Waals surface area contributed by atoms with Gasteiger partial charge >= 0.3 is 0 Å². The van der Waals surface area contributed by atoms with Crippen molar-refractivity contribution in [2.24, 2.45) is 5.92 Å². The highest BCUT2D eigenvalue weighted by molar-refractivity contribution is 5.31. The summed E-state index contributed by atoms with van der Waals surface area (Å²) in [7, 11) is 0. The lowest BCUT2D eigenvalue weighted by molar-refractivity contribution is 0.242. The van der Waals surface area contributed by atoms with Crippen LogP contribution in [0.4, 0.5) is 0 Å². The third kappa shape index (κ3) is 3.74. The Morgan fingerprint density at radius 1 is 1.33 bits per heavy atom. The van der Waals surface area contributed by atoms with Crippen LogP contribution in [-0.4, -0.2) is 12.6 Å². The molecular weight excluding hydrogens is 222 g/mol. The minimum Gasteiger partial charge on any atom is -0.491 e. The second-order valence-electron chi connectivity index (χ2n) is 5.51. The van der Waals surface area contributed by atoms with Crippen molar-refractivity contribution in [3.8, 4) is 5.75 Å². The standard InChI is InChI=1S/C16H25NO/c1-4-10-17-16(13-8-9-13)14-6-5-7-15(11-14)18-12(2)3/h5-7,11-13,16-17H,4,8-10H2,1-3H3. The van der Waals surface area contributed by atoms with Crippen LogP contribution in [0.5, 0.6) is 5.75 Å². The van der Waals surface area contributed by atoms with E-state index in [0.29, 0.717) is 6.04 Å². The van der Waals surface area contributed by atoms with Crippen molar-refractivity contribution < 1.29 is 4.74 Å². The number of rotatable bonds is 7. The highest BCUT2D eigenvalue weighted by atomic mass is 16.5. The molecule has 18 heavy (non-hydrogen) atoms. The molecule has 2 heteroatoms. The van der Waals surface area contributed by atoms with E-state index in [9.17, 15) is 0 Å². The van der Waals surface area contributed by atoms with Gasteiger partial charge in [-0.1, -0.05) is 19.1 Å². The van der Waals surface area contributed by atoms with Gasteiger partial charge in [-0.15, -0.1) is 0 Å². The molecule has 0 aromatic heterocycles. The zero-order chi connectivity index (χ0) is 13.0. The van der Waals surface area contributed by atoms with E-state index in [1.165, 1.54) is 24.8 Å². The summed E-state index contributed by atoms with van der Waals surface area (Å²) in [6, 6.07) is 9.09. The molecule has 1 fully saturated rings. The van der Waals surface area contributed by atoms with Crippen molar-refractivity contribution in [2.45, 2.75) is 52.2 Å². The van der Waals surface area contributed by atoms with Crippen LogP contribution in [0.3, 0.4) is 0 Å². The predicted octanol–water partition coefficient (Wildman–Crippen LogP) is 3.92. The normalized spacial score (nSPS) is 16.9. The van der Waals surface area contributed by atoms with Crippen molar-refractivity contribution in [3.05, 3.63) is 29.8 Å². The van der Waals surface area contributed by atoms with E-state index >= 15 is 0 Å². The molecule has 0 spiro atoms. The lowest BCUT2D eigenvalue weighted by Crippen LogP contribution is -2.23. The van der Waals surface area contributed by atoms with E-state index in [4.69, 9.17) is 4.74 Å². The number of hydrogen-bond donors (Lipinski definition) is 1. The second-order valence-corrected chi connectivity index (χ2v) is 5.51. The first-order chi connectivity index (χ1) is 8.70. The van der Waals surface area contributed by atoms with Crippen molar-refractivity contribution >= 4 is 0 Å². The van der Waals surface area contributed by atoms with Crippen molar-refractivity contribution in [1.82, 2.24) is 5.32 Å². The molecule has 1 N–H and O–H groups in total. The molecule has 1 aliphatic rings. The lowest BCUT2D eigenvalue weighted by Gasteiger charge is -2.20. The van der Waals surface area contributed by atoms with Crippen LogP contribution in [-0.2, 0) is 0 Å². The Labute approximate surface area is 111 Å². The SMILES string of the molecule is CCCNC(c1cccc(OC(C)C)c1)C1CC1. The molecule has 1 saturated carbocycles. The molecule has 0 heterocycles. The maximum atomic E-state index is 5.78. The van der Waals surface area contributed by atoms with E-state index < -0.39 is 0 Å². The molecule has 1 unspecified atom stereocenters. The summed E-state index contributed by atoms with van der Waals surface area (Å²) in [4.78, 5) is 0. The second kappa shape index (κ2) is 6.24. The van der Waals surface area contributed by atoms with Crippen LogP contribution >= 0.6 is 0 Å². The molecule has 100 valence electrons. The summed E-state index contributed by atoms with van der Waals surface area (Å²) >= 11 is 0. The van der Waals surface area contributed by atoms with Crippen molar-refractivity contribution in [3.63, 3.8) is 0 Å². The molecule has 2 rings (SSSR count). The molecule has 0 amide bonds. The Morgan fingerprint density at radius 2 is 2.11 bits per heavy atom. The smallest absolute Gasteiger partial charge is 0.120 e. The highest BCUT2D eigenvalue weighted by Crippen LogP contribution is 2.41. The fraction of sp³-hybridized carbons (Fsp3) is 0.625. The average Bonchev–Trinajstić information content (AvgIpc) is 3.14. The first-order valence-corrected chi connectivity index (χ1v) is 7.20. The third-order valence-electron chi connectivity index (χ3n) is 3.30. The van der Waals surface area contributed by atoms with Gasteiger partial charge in [0.1, 0.15) is 5.75 Å². The number of benzene rings is 1. The predicted molar refractivity (Wildman–Crippen MR) is 76.0 cm³/mol. The molecular formula is C16H25NO. The van der Waals surface area contributed by atoms with Crippen LogP contribution in [0.1, 0.15) is 51.6 Å². The highest BCUT2D eigenvalue weighted by Gasteiger charge is 2.31. The fourth-order valence-corrected chi connectivity index (χ4v) is 2.34. The molecule has 1 aliphatic carbocycles. The monoisotopic (exact) mass is 247 g/mol. The summed E-state index contributed by atoms with van der Waals surface area (Å²) < 4.78 is 5.78. The first-order valence-electron chi connectivity index (χ1n) is 7.20. The van der Waals surface area contributed by atoms with Gasteiger partial charge in [-0.3, -0.25) is 0 Å². The summed E-state index contributed by atoms with van der Waals surface area (Å²) in [5.74, 6) is 1.82. The minimum atomic E-state index is 0.239. The summed E-state index contributed by atoms with van der Waals surface area (Å²) in [5.41, 5.74) is 1.38. The van der Waals surface area contributed by atoms with E-state index in [2.05, 4.69) is 44.3 Å². The van der Waals surface area contributed by atoms with Crippen LogP contribution in [0.15, 0.2) is 24.3 Å². The van der Waals surface area contributed by atoms with E-state index in [1.54, 1.807) is 0 Å². The van der Waals surface area contributed by atoms with Gasteiger partial charge < -0.3 is 10.1 Å². The van der Waals surface area contributed by atoms with Gasteiger partial charge in [0.2, 0.25) is 0 Å². The Bertz CT molecular complexity index is 371. The summed E-state index contributed by atoms with van der Waals surface area (Å²) in [6.45, 7) is 7.45. The molecule has 0 bridgehead atoms. The van der Waals surface area contributed by atoms with Gasteiger partial charge in [0.05, 0.1) is 6.10 Å². The first kappa shape index (κ1) is 13.4. The Kier molecular flexibility index (Phi) is 4.65. The molecule has 1 aromatic carbocycles. The van der Waals surface area contributed by atoms with Gasteiger partial charge in [0, 0.05) is 6.04 Å². The fourth-order valence-electron chi connectivity index (χ4n) is 2.34. The zero-order valence-electron chi connectivity index (χ0n) is 11.8. The van der Waals surface area contributed by atoms with Crippen molar-refractivity contribution in [2.75, 3.05) is 6.54 Å². The topological polar surface area (TPSA) is 21.3 Å². The minimum absolute atomic E-state index is 0.239. The van der Waals surface area contributed by atoms with Gasteiger partial charge in [-0.2, -0.15) is 0 Å². The molecule has 2 nitrogen and oxygen atoms in total. The summed E-state index contributed by atoms with van der Waals surface area (Å²) in [6.07, 6.45) is 4.14. The van der Waals surface area contributed by atoms with Crippen LogP contribution < -0.4 is 10.1 Å². The van der Waals surface area contributed by atoms with Crippen molar-refractivity contribution in [1.29, 1.82) is 0 Å². The molecule has 0 aliphatic heterocycles. The summed E-state index contributed by atoms with van der Waals surface area (Å²) in [5, 5.41) is 3.67. The Morgan fingerprint density at radius 3 is 2.72 bits per heavy atom. The number of hydrogen-bond acceptors (Lipinski definition) is 2. The molecule has 1 atom stereocenters.